The molecule has 2 amide bonds. The first-order valence-electron chi connectivity index (χ1n) is 10.8. The van der Waals surface area contributed by atoms with Crippen molar-refractivity contribution in [2.75, 3.05) is 19.0 Å². The van der Waals surface area contributed by atoms with Crippen molar-refractivity contribution >= 4 is 50.9 Å². The summed E-state index contributed by atoms with van der Waals surface area (Å²) < 4.78 is 10.6. The van der Waals surface area contributed by atoms with E-state index in [1.807, 2.05) is 18.2 Å². The molecule has 0 fully saturated rings. The zero-order chi connectivity index (χ0) is 24.8. The summed E-state index contributed by atoms with van der Waals surface area (Å²) in [5.41, 5.74) is 1.51. The molecule has 8 nitrogen and oxygen atoms in total. The molecule has 0 saturated carbocycles. The van der Waals surface area contributed by atoms with Gasteiger partial charge in [-0.25, -0.2) is 9.78 Å². The van der Waals surface area contributed by atoms with Crippen LogP contribution in [0.1, 0.15) is 18.4 Å². The smallest absolute Gasteiger partial charge is 0.345 e. The number of anilines is 1. The second-order valence-corrected chi connectivity index (χ2v) is 8.89. The molecular weight excluding hydrogens is 490 g/mol. The Labute approximate surface area is 209 Å². The third-order valence-electron chi connectivity index (χ3n) is 5.22. The first-order chi connectivity index (χ1) is 16.9. The van der Waals surface area contributed by atoms with Crippen molar-refractivity contribution < 1.29 is 18.7 Å². The lowest BCUT2D eigenvalue weighted by atomic mass is 10.1. The van der Waals surface area contributed by atoms with E-state index in [1.165, 1.54) is 18.4 Å². The third-order valence-corrected chi connectivity index (χ3v) is 6.35. The van der Waals surface area contributed by atoms with E-state index in [1.54, 1.807) is 35.7 Å². The number of hydrogen-bond donors (Lipinski definition) is 2. The van der Waals surface area contributed by atoms with Crippen molar-refractivity contribution in [3.63, 3.8) is 0 Å². The van der Waals surface area contributed by atoms with Gasteiger partial charge in [0.1, 0.15) is 11.3 Å². The molecule has 0 aliphatic carbocycles. The molecule has 35 heavy (non-hydrogen) atoms. The fourth-order valence-corrected chi connectivity index (χ4v) is 4.34. The molecule has 2 heterocycles. The Balaban J connectivity index is 1.29. The van der Waals surface area contributed by atoms with Crippen LogP contribution in [0.4, 0.5) is 5.13 Å². The summed E-state index contributed by atoms with van der Waals surface area (Å²) in [6.45, 7) is 0.432. The maximum Gasteiger partial charge on any atom is 0.345 e. The zero-order valence-electron chi connectivity index (χ0n) is 18.8. The monoisotopic (exact) mass is 511 g/mol. The highest BCUT2D eigenvalue weighted by Gasteiger charge is 2.14. The normalized spacial score (nSPS) is 10.8. The number of carbonyl (C=O) groups is 2. The standard InChI is InChI=1S/C25H22ClN3O5S/c1-33-17-7-6-16-12-18(24(32)34-21(16)13-17)20-14-35-25(28-20)29-23(31)9-8-22(30)27-11-10-15-4-2-3-5-19(15)26/h2-7,12-14H,8-11H2,1H3,(H,27,30)(H,28,29,31). The minimum atomic E-state index is -0.539. The Morgan fingerprint density at radius 2 is 1.91 bits per heavy atom. The van der Waals surface area contributed by atoms with E-state index in [0.29, 0.717) is 40.1 Å². The van der Waals surface area contributed by atoms with Crippen molar-refractivity contribution in [2.24, 2.45) is 0 Å². The molecule has 2 N–H and O–H groups in total. The van der Waals surface area contributed by atoms with E-state index in [2.05, 4.69) is 15.6 Å². The van der Waals surface area contributed by atoms with Gasteiger partial charge in [0.05, 0.1) is 18.4 Å². The van der Waals surface area contributed by atoms with E-state index in [4.69, 9.17) is 20.8 Å². The van der Waals surface area contributed by atoms with E-state index >= 15 is 0 Å². The van der Waals surface area contributed by atoms with Gasteiger partial charge in [-0.15, -0.1) is 11.3 Å². The molecule has 4 rings (SSSR count). The molecule has 0 aliphatic heterocycles. The van der Waals surface area contributed by atoms with Gasteiger partial charge in [0, 0.05) is 41.2 Å². The number of rotatable bonds is 9. The molecule has 0 bridgehead atoms. The van der Waals surface area contributed by atoms with Crippen molar-refractivity contribution in [3.05, 3.63) is 74.9 Å². The fraction of sp³-hybridized carbons (Fsp3) is 0.200. The van der Waals surface area contributed by atoms with Crippen molar-refractivity contribution in [3.8, 4) is 17.0 Å². The molecule has 0 saturated heterocycles. The number of halogens is 1. The molecule has 2 aromatic carbocycles. The number of nitrogens with one attached hydrogen (secondary N) is 2. The number of thiazole rings is 1. The predicted octanol–water partition coefficient (Wildman–Crippen LogP) is 4.66. The molecule has 4 aromatic rings. The summed E-state index contributed by atoms with van der Waals surface area (Å²) in [6, 6.07) is 14.3. The van der Waals surface area contributed by atoms with Gasteiger partial charge < -0.3 is 19.8 Å². The maximum atomic E-state index is 12.5. The van der Waals surface area contributed by atoms with Crippen LogP contribution in [0.25, 0.3) is 22.2 Å². The molecular formula is C25H22ClN3O5S. The largest absolute Gasteiger partial charge is 0.497 e. The highest BCUT2D eigenvalue weighted by Crippen LogP contribution is 2.27. The first kappa shape index (κ1) is 24.4. The van der Waals surface area contributed by atoms with Gasteiger partial charge in [-0.3, -0.25) is 9.59 Å². The number of fused-ring (bicyclic) bond motifs is 1. The second-order valence-electron chi connectivity index (χ2n) is 7.63. The van der Waals surface area contributed by atoms with Crippen LogP contribution < -0.4 is 21.0 Å². The summed E-state index contributed by atoms with van der Waals surface area (Å²) in [7, 11) is 1.54. The number of benzene rings is 2. The molecule has 0 aliphatic rings. The molecule has 0 unspecified atom stereocenters. The average molecular weight is 512 g/mol. The third kappa shape index (κ3) is 6.26. The van der Waals surface area contributed by atoms with Gasteiger partial charge in [-0.05, 0) is 36.2 Å². The Bertz CT molecular complexity index is 1430. The lowest BCUT2D eigenvalue weighted by Crippen LogP contribution is -2.26. The van der Waals surface area contributed by atoms with Crippen LogP contribution in [0.15, 0.2) is 63.1 Å². The Morgan fingerprint density at radius 1 is 1.11 bits per heavy atom. The van der Waals surface area contributed by atoms with Crippen molar-refractivity contribution in [1.82, 2.24) is 10.3 Å². The fourth-order valence-electron chi connectivity index (χ4n) is 3.39. The average Bonchev–Trinajstić information content (AvgIpc) is 3.31. The van der Waals surface area contributed by atoms with Crippen LogP contribution in [0.3, 0.4) is 0 Å². The number of aromatic nitrogens is 1. The molecule has 0 atom stereocenters. The minimum Gasteiger partial charge on any atom is -0.497 e. The first-order valence-corrected chi connectivity index (χ1v) is 12.1. The van der Waals surface area contributed by atoms with Gasteiger partial charge in [0.15, 0.2) is 5.13 Å². The molecule has 0 radical (unpaired) electrons. The van der Waals surface area contributed by atoms with Crippen molar-refractivity contribution in [2.45, 2.75) is 19.3 Å². The van der Waals surface area contributed by atoms with E-state index in [0.717, 1.165) is 10.9 Å². The summed E-state index contributed by atoms with van der Waals surface area (Å²) in [5.74, 6) is 0.0172. The van der Waals surface area contributed by atoms with Crippen LogP contribution in [0.5, 0.6) is 5.75 Å². The number of amides is 2. The highest BCUT2D eigenvalue weighted by molar-refractivity contribution is 7.14. The lowest BCUT2D eigenvalue weighted by Gasteiger charge is -2.06. The summed E-state index contributed by atoms with van der Waals surface area (Å²) in [4.78, 5) is 41.1. The van der Waals surface area contributed by atoms with Gasteiger partial charge in [-0.1, -0.05) is 29.8 Å². The van der Waals surface area contributed by atoms with Crippen molar-refractivity contribution in [1.29, 1.82) is 0 Å². The van der Waals surface area contributed by atoms with Gasteiger partial charge in [0.2, 0.25) is 11.8 Å². The Morgan fingerprint density at radius 3 is 2.71 bits per heavy atom. The second kappa shape index (κ2) is 11.2. The van der Waals surface area contributed by atoms with Gasteiger partial charge in [0.25, 0.3) is 0 Å². The van der Waals surface area contributed by atoms with E-state index in [9.17, 15) is 14.4 Å². The Kier molecular flexibility index (Phi) is 7.79. The topological polar surface area (TPSA) is 111 Å². The van der Waals surface area contributed by atoms with Gasteiger partial charge in [-0.2, -0.15) is 0 Å². The molecule has 2 aromatic heterocycles. The minimum absolute atomic E-state index is 0.00673. The van der Waals surface area contributed by atoms with Crippen LogP contribution in [0.2, 0.25) is 5.02 Å². The van der Waals surface area contributed by atoms with Crippen LogP contribution in [-0.2, 0) is 16.0 Å². The number of methoxy groups -OCH3 is 1. The lowest BCUT2D eigenvalue weighted by molar-refractivity contribution is -0.124. The SMILES string of the molecule is COc1ccc2cc(-c3csc(NC(=O)CCC(=O)NCCc4ccccc4Cl)n3)c(=O)oc2c1. The van der Waals surface area contributed by atoms with Gasteiger partial charge >= 0.3 is 5.63 Å². The number of ether oxygens (including phenoxy) is 1. The predicted molar refractivity (Wildman–Crippen MR) is 136 cm³/mol. The molecule has 10 heteroatoms. The zero-order valence-corrected chi connectivity index (χ0v) is 20.4. The van der Waals surface area contributed by atoms with Crippen LogP contribution in [0, 0.1) is 0 Å². The number of hydrogen-bond acceptors (Lipinski definition) is 7. The number of nitrogens with zero attached hydrogens (tertiary/aromatic N) is 1. The highest BCUT2D eigenvalue weighted by atomic mass is 35.5. The van der Waals surface area contributed by atoms with Crippen LogP contribution >= 0.6 is 22.9 Å². The quantitative estimate of drug-likeness (QED) is 0.316. The van der Waals surface area contributed by atoms with E-state index in [-0.39, 0.29) is 30.2 Å². The number of carbonyl (C=O) groups excluding carboxylic acids is 2. The summed E-state index contributed by atoms with van der Waals surface area (Å²) >= 11 is 7.29. The molecule has 180 valence electrons. The maximum absolute atomic E-state index is 12.5. The molecule has 0 spiro atoms. The van der Waals surface area contributed by atoms with Crippen LogP contribution in [-0.4, -0.2) is 30.5 Å². The Hall–Kier alpha value is -3.69. The summed E-state index contributed by atoms with van der Waals surface area (Å²) in [6.07, 6.45) is 0.660. The summed E-state index contributed by atoms with van der Waals surface area (Å²) in [5, 5.41) is 8.83. The van der Waals surface area contributed by atoms with E-state index < -0.39 is 5.63 Å².